The number of ether oxygens (including phenoxy) is 1. The number of hydrogen-bond acceptors (Lipinski definition) is 8. The zero-order chi connectivity index (χ0) is 29.9. The van der Waals surface area contributed by atoms with Gasteiger partial charge in [0.25, 0.3) is 0 Å². The minimum Gasteiger partial charge on any atom is -0.475 e. The number of hydrogen-bond donors (Lipinski definition) is 2. The summed E-state index contributed by atoms with van der Waals surface area (Å²) >= 11 is 3.41. The number of alkyl halides is 3. The minimum atomic E-state index is -5.08. The first-order valence-electron chi connectivity index (χ1n) is 12.0. The standard InChI is InChI=1S/C22H27BrFN7O2.C2HF3O2/c1-16(2)15-31(21-19(23)14-26-20(13-25)27-21)28-22(32)30(18-5-3-17(24)4-6-18)8-7-29-9-11-33-12-10-29;3-2(4,5)1(6)7/h3-6,14,16H,7-12,15H2,1-2H3,(H,28,32);(H,6,7). The molecule has 11 nitrogen and oxygen atoms in total. The maximum atomic E-state index is 13.5. The van der Waals surface area contributed by atoms with Crippen molar-refractivity contribution in [3.63, 3.8) is 0 Å². The van der Waals surface area contributed by atoms with Crippen LogP contribution in [0.3, 0.4) is 0 Å². The summed E-state index contributed by atoms with van der Waals surface area (Å²) in [6.07, 6.45) is -3.60. The van der Waals surface area contributed by atoms with Crippen LogP contribution in [0.25, 0.3) is 0 Å². The molecule has 3 rings (SSSR count). The second-order valence-corrected chi connectivity index (χ2v) is 9.64. The maximum absolute atomic E-state index is 13.5. The molecule has 1 aromatic carbocycles. The number of carboxylic acid groups (broad SMARTS) is 1. The van der Waals surface area contributed by atoms with Gasteiger partial charge >= 0.3 is 18.2 Å². The van der Waals surface area contributed by atoms with Crippen LogP contribution in [0.1, 0.15) is 19.7 Å². The topological polar surface area (TPSA) is 135 Å². The van der Waals surface area contributed by atoms with E-state index in [9.17, 15) is 27.6 Å². The predicted octanol–water partition coefficient (Wildman–Crippen LogP) is 3.81. The molecule has 40 heavy (non-hydrogen) atoms. The Morgan fingerprint density at radius 2 is 1.85 bits per heavy atom. The van der Waals surface area contributed by atoms with Gasteiger partial charge in [-0.3, -0.25) is 14.8 Å². The molecule has 16 heteroatoms. The fourth-order valence-corrected chi connectivity index (χ4v) is 3.77. The lowest BCUT2D eigenvalue weighted by Crippen LogP contribution is -2.53. The SMILES string of the molecule is CC(C)CN(NC(=O)N(CCN1CCOCC1)c1ccc(F)cc1)c1nc(C#N)ncc1Br.O=C(O)C(F)(F)F. The number of nitriles is 1. The third-order valence-electron chi connectivity index (χ3n) is 5.23. The minimum absolute atomic E-state index is 0.00101. The molecular weight excluding hydrogens is 606 g/mol. The van der Waals surface area contributed by atoms with Crippen LogP contribution in [0, 0.1) is 23.1 Å². The van der Waals surface area contributed by atoms with E-state index in [1.165, 1.54) is 18.3 Å². The van der Waals surface area contributed by atoms with Crippen molar-refractivity contribution in [2.24, 2.45) is 5.92 Å². The number of benzene rings is 1. The Bertz CT molecular complexity index is 1170. The van der Waals surface area contributed by atoms with E-state index in [-0.39, 0.29) is 23.6 Å². The predicted molar refractivity (Wildman–Crippen MR) is 140 cm³/mol. The quantitative estimate of drug-likeness (QED) is 0.329. The number of aromatic nitrogens is 2. The molecular formula is C24H28BrF4N7O4. The molecule has 1 saturated heterocycles. The lowest BCUT2D eigenvalue weighted by molar-refractivity contribution is -0.192. The highest BCUT2D eigenvalue weighted by molar-refractivity contribution is 9.10. The average Bonchev–Trinajstić information content (AvgIpc) is 2.90. The molecule has 0 spiro atoms. The molecule has 2 aromatic rings. The van der Waals surface area contributed by atoms with Crippen molar-refractivity contribution in [3.05, 3.63) is 46.6 Å². The third-order valence-corrected chi connectivity index (χ3v) is 5.79. The largest absolute Gasteiger partial charge is 0.490 e. The van der Waals surface area contributed by atoms with E-state index in [1.807, 2.05) is 19.9 Å². The highest BCUT2D eigenvalue weighted by Crippen LogP contribution is 2.23. The molecule has 2 N–H and O–H groups in total. The van der Waals surface area contributed by atoms with Crippen LogP contribution in [0.2, 0.25) is 0 Å². The summed E-state index contributed by atoms with van der Waals surface area (Å²) in [6, 6.07) is 7.35. The first-order valence-corrected chi connectivity index (χ1v) is 12.7. The Morgan fingerprint density at radius 3 is 2.38 bits per heavy atom. The lowest BCUT2D eigenvalue weighted by Gasteiger charge is -2.33. The van der Waals surface area contributed by atoms with Crippen molar-refractivity contribution in [3.8, 4) is 6.07 Å². The van der Waals surface area contributed by atoms with Gasteiger partial charge in [0, 0.05) is 44.6 Å². The molecule has 2 amide bonds. The number of nitrogens with one attached hydrogen (secondary N) is 1. The second kappa shape index (κ2) is 15.3. The van der Waals surface area contributed by atoms with Crippen LogP contribution in [-0.2, 0) is 9.53 Å². The Morgan fingerprint density at radius 1 is 1.25 bits per heavy atom. The van der Waals surface area contributed by atoms with Crippen molar-refractivity contribution in [2.75, 3.05) is 55.8 Å². The molecule has 0 bridgehead atoms. The van der Waals surface area contributed by atoms with Crippen molar-refractivity contribution in [2.45, 2.75) is 20.0 Å². The molecule has 218 valence electrons. The third kappa shape index (κ3) is 10.5. The fraction of sp³-hybridized carbons (Fsp3) is 0.458. The van der Waals surface area contributed by atoms with Gasteiger partial charge in [-0.1, -0.05) is 13.8 Å². The van der Waals surface area contributed by atoms with Crippen molar-refractivity contribution < 1.29 is 37.0 Å². The van der Waals surface area contributed by atoms with Crippen LogP contribution >= 0.6 is 15.9 Å². The van der Waals surface area contributed by atoms with E-state index in [2.05, 4.69) is 36.2 Å². The van der Waals surface area contributed by atoms with Gasteiger partial charge < -0.3 is 9.84 Å². The van der Waals surface area contributed by atoms with E-state index < -0.39 is 12.1 Å². The van der Waals surface area contributed by atoms with E-state index in [1.54, 1.807) is 22.0 Å². The van der Waals surface area contributed by atoms with E-state index in [0.29, 0.717) is 48.8 Å². The summed E-state index contributed by atoms with van der Waals surface area (Å²) in [4.78, 5) is 34.3. The van der Waals surface area contributed by atoms with Crippen LogP contribution in [0.4, 0.5) is 33.9 Å². The number of carboxylic acids is 1. The normalized spacial score (nSPS) is 13.6. The first-order chi connectivity index (χ1) is 18.8. The van der Waals surface area contributed by atoms with Gasteiger partial charge in [0.05, 0.1) is 17.7 Å². The van der Waals surface area contributed by atoms with Gasteiger partial charge in [0.15, 0.2) is 5.82 Å². The maximum Gasteiger partial charge on any atom is 0.490 e. The van der Waals surface area contributed by atoms with E-state index >= 15 is 0 Å². The summed E-state index contributed by atoms with van der Waals surface area (Å²) in [5.41, 5.74) is 3.49. The number of halogens is 5. The summed E-state index contributed by atoms with van der Waals surface area (Å²) in [5, 5.41) is 17.9. The molecule has 1 fully saturated rings. The van der Waals surface area contributed by atoms with Crippen LogP contribution in [0.15, 0.2) is 34.9 Å². The molecule has 1 aliphatic rings. The van der Waals surface area contributed by atoms with Gasteiger partial charge in [0.1, 0.15) is 11.9 Å². The zero-order valence-electron chi connectivity index (χ0n) is 21.7. The number of urea groups is 1. The number of morpholine rings is 1. The molecule has 0 unspecified atom stereocenters. The zero-order valence-corrected chi connectivity index (χ0v) is 23.2. The van der Waals surface area contributed by atoms with Gasteiger partial charge in [-0.2, -0.15) is 23.4 Å². The highest BCUT2D eigenvalue weighted by atomic mass is 79.9. The fourth-order valence-electron chi connectivity index (χ4n) is 3.36. The number of anilines is 2. The lowest BCUT2D eigenvalue weighted by atomic mass is 10.2. The number of amides is 2. The second-order valence-electron chi connectivity index (χ2n) is 8.78. The Labute approximate surface area is 236 Å². The van der Waals surface area contributed by atoms with Gasteiger partial charge in [-0.25, -0.2) is 24.4 Å². The molecule has 0 radical (unpaired) electrons. The number of hydrazine groups is 1. The van der Waals surface area contributed by atoms with Crippen molar-refractivity contribution >= 4 is 39.4 Å². The Hall–Kier alpha value is -3.55. The summed E-state index contributed by atoms with van der Waals surface area (Å²) < 4.78 is 51.2. The number of rotatable bonds is 8. The highest BCUT2D eigenvalue weighted by Gasteiger charge is 2.38. The Kier molecular flexibility index (Phi) is 12.5. The summed E-state index contributed by atoms with van der Waals surface area (Å²) in [5.74, 6) is -2.56. The summed E-state index contributed by atoms with van der Waals surface area (Å²) in [6.45, 7) is 8.43. The van der Waals surface area contributed by atoms with E-state index in [4.69, 9.17) is 14.6 Å². The molecule has 2 heterocycles. The monoisotopic (exact) mass is 633 g/mol. The number of carbonyl (C=O) groups excluding carboxylic acids is 1. The molecule has 1 aromatic heterocycles. The number of nitrogens with zero attached hydrogens (tertiary/aromatic N) is 6. The molecule has 0 aliphatic carbocycles. The average molecular weight is 634 g/mol. The first kappa shape index (κ1) is 32.7. The molecule has 0 atom stereocenters. The number of carbonyl (C=O) groups is 2. The van der Waals surface area contributed by atoms with Crippen molar-refractivity contribution in [1.82, 2.24) is 20.3 Å². The van der Waals surface area contributed by atoms with Crippen LogP contribution in [-0.4, -0.2) is 84.1 Å². The smallest absolute Gasteiger partial charge is 0.475 e. The van der Waals surface area contributed by atoms with Gasteiger partial charge in [0.2, 0.25) is 5.82 Å². The summed E-state index contributed by atoms with van der Waals surface area (Å²) in [7, 11) is 0. The van der Waals surface area contributed by atoms with Crippen LogP contribution < -0.4 is 15.3 Å². The molecule has 1 aliphatic heterocycles. The Balaban J connectivity index is 0.000000708. The van der Waals surface area contributed by atoms with Gasteiger partial charge in [-0.05, 0) is 46.1 Å². The number of aliphatic carboxylic acids is 1. The molecule has 0 saturated carbocycles. The van der Waals surface area contributed by atoms with Crippen LogP contribution in [0.5, 0.6) is 0 Å². The van der Waals surface area contributed by atoms with Gasteiger partial charge in [-0.15, -0.1) is 0 Å². The van der Waals surface area contributed by atoms with Crippen molar-refractivity contribution in [1.29, 1.82) is 5.26 Å². The van der Waals surface area contributed by atoms with E-state index in [0.717, 1.165) is 13.1 Å².